The number of rotatable bonds is 2. The smallest absolute Gasteiger partial charge is 0.274 e. The van der Waals surface area contributed by atoms with Gasteiger partial charge in [-0.25, -0.2) is 9.97 Å². The first-order valence-electron chi connectivity index (χ1n) is 8.23. The molecule has 1 aliphatic carbocycles. The molecule has 1 N–H and O–H groups in total. The zero-order chi connectivity index (χ0) is 15.8. The van der Waals surface area contributed by atoms with E-state index in [0.717, 1.165) is 32.4 Å². The van der Waals surface area contributed by atoms with Crippen LogP contribution >= 0.6 is 0 Å². The molecule has 7 nitrogen and oxygen atoms in total. The zero-order valence-corrected chi connectivity index (χ0v) is 13.0. The molecule has 122 valence electrons. The number of nitrogens with zero attached hydrogens (tertiary/aromatic N) is 5. The standard InChI is InChI=1S/C16H21N5O2/c22-14-4-1-3-13(14)19-7-9-20(10-8-19)15(23)12-11-21-6-2-5-17-16(21)18-12/h2,5-6,11,13-14,22H,1,3-4,7-10H2/t13-,14-/m0/s1. The van der Waals surface area contributed by atoms with Crippen molar-refractivity contribution in [3.8, 4) is 0 Å². The van der Waals surface area contributed by atoms with Crippen molar-refractivity contribution in [2.24, 2.45) is 0 Å². The van der Waals surface area contributed by atoms with Crippen molar-refractivity contribution in [1.82, 2.24) is 24.2 Å². The van der Waals surface area contributed by atoms with E-state index in [4.69, 9.17) is 0 Å². The summed E-state index contributed by atoms with van der Waals surface area (Å²) in [5.74, 6) is 0.505. The Balaban J connectivity index is 1.42. The molecule has 2 atom stereocenters. The number of hydrogen-bond donors (Lipinski definition) is 1. The molecule has 1 saturated carbocycles. The number of amides is 1. The van der Waals surface area contributed by atoms with E-state index in [2.05, 4.69) is 14.9 Å². The fourth-order valence-electron chi connectivity index (χ4n) is 3.70. The van der Waals surface area contributed by atoms with Gasteiger partial charge in [-0.3, -0.25) is 14.1 Å². The number of hydrogen-bond acceptors (Lipinski definition) is 5. The Morgan fingerprint density at radius 3 is 2.74 bits per heavy atom. The van der Waals surface area contributed by atoms with Gasteiger partial charge in [0.1, 0.15) is 5.69 Å². The Hall–Kier alpha value is -1.99. The predicted octanol–water partition coefficient (Wildman–Crippen LogP) is 0.401. The lowest BCUT2D eigenvalue weighted by molar-refractivity contribution is 0.0313. The van der Waals surface area contributed by atoms with Gasteiger partial charge in [0.2, 0.25) is 5.78 Å². The lowest BCUT2D eigenvalue weighted by Gasteiger charge is -2.38. The van der Waals surface area contributed by atoms with Crippen LogP contribution in [0, 0.1) is 0 Å². The molecule has 0 bridgehead atoms. The molecule has 1 aliphatic heterocycles. The summed E-state index contributed by atoms with van der Waals surface area (Å²) >= 11 is 0. The maximum Gasteiger partial charge on any atom is 0.274 e. The van der Waals surface area contributed by atoms with E-state index in [1.165, 1.54) is 0 Å². The third kappa shape index (κ3) is 2.70. The van der Waals surface area contributed by atoms with Gasteiger partial charge < -0.3 is 10.0 Å². The average molecular weight is 315 g/mol. The highest BCUT2D eigenvalue weighted by molar-refractivity contribution is 5.92. The van der Waals surface area contributed by atoms with E-state index >= 15 is 0 Å². The summed E-state index contributed by atoms with van der Waals surface area (Å²) < 4.78 is 1.76. The molecular weight excluding hydrogens is 294 g/mol. The van der Waals surface area contributed by atoms with Crippen molar-refractivity contribution < 1.29 is 9.90 Å². The molecule has 1 amide bonds. The topological polar surface area (TPSA) is 74.0 Å². The number of aliphatic hydroxyl groups is 1. The molecule has 4 rings (SSSR count). The summed E-state index contributed by atoms with van der Waals surface area (Å²) in [7, 11) is 0. The quantitative estimate of drug-likeness (QED) is 0.868. The van der Waals surface area contributed by atoms with Crippen LogP contribution in [-0.4, -0.2) is 73.5 Å². The molecule has 7 heteroatoms. The largest absolute Gasteiger partial charge is 0.391 e. The Bertz CT molecular complexity index is 674. The first-order valence-corrected chi connectivity index (χ1v) is 8.23. The fourth-order valence-corrected chi connectivity index (χ4v) is 3.70. The molecule has 2 fully saturated rings. The zero-order valence-electron chi connectivity index (χ0n) is 13.0. The van der Waals surface area contributed by atoms with Crippen LogP contribution in [0.4, 0.5) is 0 Å². The molecule has 0 spiro atoms. The lowest BCUT2D eigenvalue weighted by Crippen LogP contribution is -2.53. The second kappa shape index (κ2) is 5.90. The molecule has 1 saturated heterocycles. The second-order valence-corrected chi connectivity index (χ2v) is 6.35. The monoisotopic (exact) mass is 315 g/mol. The van der Waals surface area contributed by atoms with Crippen LogP contribution in [-0.2, 0) is 0 Å². The minimum atomic E-state index is -0.207. The molecule has 2 aromatic heterocycles. The van der Waals surface area contributed by atoms with Gasteiger partial charge >= 0.3 is 0 Å². The van der Waals surface area contributed by atoms with Crippen LogP contribution in [0.2, 0.25) is 0 Å². The molecule has 0 unspecified atom stereocenters. The van der Waals surface area contributed by atoms with Gasteiger partial charge in [0, 0.05) is 50.8 Å². The van der Waals surface area contributed by atoms with Gasteiger partial charge in [-0.1, -0.05) is 0 Å². The van der Waals surface area contributed by atoms with Crippen LogP contribution in [0.25, 0.3) is 5.78 Å². The van der Waals surface area contributed by atoms with Crippen molar-refractivity contribution >= 4 is 11.7 Å². The summed E-state index contributed by atoms with van der Waals surface area (Å²) in [6.07, 6.45) is 8.09. The van der Waals surface area contributed by atoms with Gasteiger partial charge in [-0.05, 0) is 25.3 Å². The van der Waals surface area contributed by atoms with Crippen LogP contribution < -0.4 is 0 Å². The average Bonchev–Trinajstić information content (AvgIpc) is 3.20. The molecule has 0 radical (unpaired) electrons. The minimum absolute atomic E-state index is 0.0397. The van der Waals surface area contributed by atoms with Crippen molar-refractivity contribution in [2.75, 3.05) is 26.2 Å². The van der Waals surface area contributed by atoms with Gasteiger partial charge in [0.25, 0.3) is 5.91 Å². The van der Waals surface area contributed by atoms with E-state index in [1.54, 1.807) is 16.8 Å². The van der Waals surface area contributed by atoms with Gasteiger partial charge in [0.05, 0.1) is 6.10 Å². The number of carbonyl (C=O) groups excluding carboxylic acids is 1. The third-order valence-corrected chi connectivity index (χ3v) is 4.97. The van der Waals surface area contributed by atoms with Gasteiger partial charge in [-0.2, -0.15) is 0 Å². The Morgan fingerprint density at radius 2 is 2.04 bits per heavy atom. The van der Waals surface area contributed by atoms with E-state index < -0.39 is 0 Å². The number of aromatic nitrogens is 3. The number of imidazole rings is 1. The van der Waals surface area contributed by atoms with E-state index in [1.807, 2.05) is 17.2 Å². The highest BCUT2D eigenvalue weighted by Crippen LogP contribution is 2.25. The number of carbonyl (C=O) groups is 1. The Labute approximate surface area is 134 Å². The maximum absolute atomic E-state index is 12.6. The third-order valence-electron chi connectivity index (χ3n) is 4.97. The molecule has 2 aromatic rings. The summed E-state index contributed by atoms with van der Waals surface area (Å²) in [4.78, 5) is 25.2. The Morgan fingerprint density at radius 1 is 1.22 bits per heavy atom. The molecule has 3 heterocycles. The van der Waals surface area contributed by atoms with Crippen LogP contribution in [0.1, 0.15) is 29.8 Å². The molecular formula is C16H21N5O2. The van der Waals surface area contributed by atoms with Crippen LogP contribution in [0.5, 0.6) is 0 Å². The number of piperazine rings is 1. The fraction of sp³-hybridized carbons (Fsp3) is 0.562. The normalized spacial score (nSPS) is 26.0. The first-order chi connectivity index (χ1) is 11.2. The summed E-state index contributed by atoms with van der Waals surface area (Å²) in [5, 5.41) is 10.0. The minimum Gasteiger partial charge on any atom is -0.391 e. The number of fused-ring (bicyclic) bond motifs is 1. The van der Waals surface area contributed by atoms with Crippen molar-refractivity contribution in [3.05, 3.63) is 30.4 Å². The summed E-state index contributed by atoms with van der Waals surface area (Å²) in [5.41, 5.74) is 0.443. The molecule has 0 aromatic carbocycles. The summed E-state index contributed by atoms with van der Waals surface area (Å²) in [6.45, 7) is 3.00. The highest BCUT2D eigenvalue weighted by atomic mass is 16.3. The summed E-state index contributed by atoms with van der Waals surface area (Å²) in [6, 6.07) is 2.08. The van der Waals surface area contributed by atoms with Crippen LogP contribution in [0.15, 0.2) is 24.7 Å². The second-order valence-electron chi connectivity index (χ2n) is 6.35. The van der Waals surface area contributed by atoms with Crippen molar-refractivity contribution in [3.63, 3.8) is 0 Å². The van der Waals surface area contributed by atoms with E-state index in [0.29, 0.717) is 24.6 Å². The van der Waals surface area contributed by atoms with Gasteiger partial charge in [0.15, 0.2) is 0 Å². The van der Waals surface area contributed by atoms with Crippen molar-refractivity contribution in [1.29, 1.82) is 0 Å². The maximum atomic E-state index is 12.6. The first kappa shape index (κ1) is 14.6. The van der Waals surface area contributed by atoms with Crippen molar-refractivity contribution in [2.45, 2.75) is 31.4 Å². The molecule has 23 heavy (non-hydrogen) atoms. The SMILES string of the molecule is O=C(c1cn2cccnc2n1)N1CCN([C@H]2CCC[C@@H]2O)CC1. The highest BCUT2D eigenvalue weighted by Gasteiger charge is 2.33. The molecule has 2 aliphatic rings. The lowest BCUT2D eigenvalue weighted by atomic mass is 10.1. The predicted molar refractivity (Wildman–Crippen MR) is 84.1 cm³/mol. The number of aliphatic hydroxyl groups excluding tert-OH is 1. The van der Waals surface area contributed by atoms with E-state index in [-0.39, 0.29) is 18.1 Å². The van der Waals surface area contributed by atoms with E-state index in [9.17, 15) is 9.90 Å². The van der Waals surface area contributed by atoms with Crippen LogP contribution in [0.3, 0.4) is 0 Å². The van der Waals surface area contributed by atoms with Gasteiger partial charge in [-0.15, -0.1) is 0 Å². The Kier molecular flexibility index (Phi) is 3.74.